The number of hydrogen-bond donors (Lipinski definition) is 0. The molecule has 7 heteroatoms. The normalized spacial score (nSPS) is 19.4. The minimum atomic E-state index is -2.85. The minimum absolute atomic E-state index is 0.0598. The van der Waals surface area contributed by atoms with Gasteiger partial charge in [0, 0.05) is 0 Å². The Morgan fingerprint density at radius 2 is 2.18 bits per heavy atom. The summed E-state index contributed by atoms with van der Waals surface area (Å²) in [5.74, 6) is 0.317. The summed E-state index contributed by atoms with van der Waals surface area (Å²) in [6, 6.07) is 1.69. The summed E-state index contributed by atoms with van der Waals surface area (Å²) in [6.45, 7) is 1.91. The Kier molecular flexibility index (Phi) is 2.21. The predicted molar refractivity (Wildman–Crippen MR) is 65.0 cm³/mol. The third-order valence-corrected chi connectivity index (χ3v) is 4.95. The largest absolute Gasteiger partial charge is 0.310 e. The van der Waals surface area contributed by atoms with Crippen LogP contribution in [0.15, 0.2) is 12.4 Å². The Morgan fingerprint density at radius 1 is 1.47 bits per heavy atom. The fraction of sp³-hybridized carbons (Fsp3) is 0.400. The molecule has 0 unspecified atom stereocenters. The second-order valence-electron chi connectivity index (χ2n) is 4.32. The van der Waals surface area contributed by atoms with Crippen LogP contribution in [0, 0.1) is 6.92 Å². The number of fused-ring (bicyclic) bond motifs is 1. The van der Waals surface area contributed by atoms with E-state index in [1.807, 2.05) is 6.92 Å². The molecular weight excluding hydrogens is 262 g/mol. The molecule has 0 aliphatic carbocycles. The van der Waals surface area contributed by atoms with Crippen LogP contribution in [-0.4, -0.2) is 34.5 Å². The van der Waals surface area contributed by atoms with Gasteiger partial charge >= 0.3 is 0 Å². The first-order valence-corrected chi connectivity index (χ1v) is 7.36. The van der Waals surface area contributed by atoms with E-state index in [4.69, 9.17) is 11.6 Å². The third-order valence-electron chi connectivity index (χ3n) is 2.98. The zero-order valence-corrected chi connectivity index (χ0v) is 10.7. The number of aryl methyl sites for hydroxylation is 1. The van der Waals surface area contributed by atoms with Gasteiger partial charge in [-0.05, 0) is 18.6 Å². The summed E-state index contributed by atoms with van der Waals surface area (Å²) in [7, 11) is -2.85. The van der Waals surface area contributed by atoms with Crippen molar-refractivity contribution in [2.45, 2.75) is 13.0 Å². The van der Waals surface area contributed by atoms with Gasteiger partial charge in [0.25, 0.3) is 0 Å². The lowest BCUT2D eigenvalue weighted by Crippen LogP contribution is -2.37. The monoisotopic (exact) mass is 271 g/mol. The van der Waals surface area contributed by atoms with E-state index in [9.17, 15) is 8.42 Å². The zero-order valence-electron chi connectivity index (χ0n) is 9.09. The van der Waals surface area contributed by atoms with Crippen LogP contribution in [0.5, 0.6) is 0 Å². The molecule has 0 saturated carbocycles. The molecule has 2 aromatic rings. The molecule has 1 aliphatic rings. The average molecular weight is 272 g/mol. The summed E-state index contributed by atoms with van der Waals surface area (Å²) in [5, 5.41) is 0.402. The number of halogens is 1. The minimum Gasteiger partial charge on any atom is -0.310 e. The lowest BCUT2D eigenvalue weighted by atomic mass is 10.2. The maximum absolute atomic E-state index is 11.2. The molecule has 0 radical (unpaired) electrons. The van der Waals surface area contributed by atoms with Crippen LogP contribution in [0.1, 0.15) is 11.6 Å². The van der Waals surface area contributed by atoms with Gasteiger partial charge in [-0.15, -0.1) is 0 Å². The van der Waals surface area contributed by atoms with E-state index in [-0.39, 0.29) is 17.5 Å². The van der Waals surface area contributed by atoms with Gasteiger partial charge in [-0.2, -0.15) is 0 Å². The van der Waals surface area contributed by atoms with Gasteiger partial charge < -0.3 is 4.57 Å². The van der Waals surface area contributed by atoms with Crippen LogP contribution in [0.3, 0.4) is 0 Å². The fourth-order valence-corrected chi connectivity index (χ4v) is 3.73. The number of aromatic nitrogens is 3. The molecule has 1 fully saturated rings. The van der Waals surface area contributed by atoms with Gasteiger partial charge in [-0.3, -0.25) is 0 Å². The second-order valence-corrected chi connectivity index (χ2v) is 6.86. The Labute approximate surface area is 103 Å². The first-order chi connectivity index (χ1) is 7.96. The predicted octanol–water partition coefficient (Wildman–Crippen LogP) is 1.36. The second kappa shape index (κ2) is 3.43. The average Bonchev–Trinajstić information content (AvgIpc) is 2.57. The highest BCUT2D eigenvalue weighted by atomic mass is 35.5. The van der Waals surface area contributed by atoms with Crippen molar-refractivity contribution in [2.75, 3.05) is 11.5 Å². The number of rotatable bonds is 1. The summed E-state index contributed by atoms with van der Waals surface area (Å²) < 4.78 is 24.2. The molecule has 17 heavy (non-hydrogen) atoms. The number of pyridine rings is 1. The Bertz CT molecular complexity index is 696. The molecule has 2 aromatic heterocycles. The smallest absolute Gasteiger partial charge is 0.162 e. The van der Waals surface area contributed by atoms with Crippen LogP contribution in [0.2, 0.25) is 5.15 Å². The van der Waals surface area contributed by atoms with E-state index >= 15 is 0 Å². The molecule has 0 aromatic carbocycles. The molecule has 3 rings (SSSR count). The van der Waals surface area contributed by atoms with Crippen LogP contribution >= 0.6 is 11.6 Å². The molecular formula is C10H10ClN3O2S. The maximum Gasteiger partial charge on any atom is 0.162 e. The lowest BCUT2D eigenvalue weighted by Gasteiger charge is -2.26. The van der Waals surface area contributed by atoms with Crippen molar-refractivity contribution in [1.29, 1.82) is 0 Å². The third kappa shape index (κ3) is 1.71. The highest BCUT2D eigenvalue weighted by Crippen LogP contribution is 2.28. The van der Waals surface area contributed by atoms with Gasteiger partial charge in [-0.25, -0.2) is 18.4 Å². The van der Waals surface area contributed by atoms with E-state index in [0.29, 0.717) is 10.8 Å². The fourth-order valence-electron chi connectivity index (χ4n) is 2.09. The Balaban J connectivity index is 2.13. The SMILES string of the molecule is Cc1cc(Cl)nc2c1ncn2C1CS(=O)(=O)C1. The Hall–Kier alpha value is -1.14. The van der Waals surface area contributed by atoms with Gasteiger partial charge in [0.2, 0.25) is 0 Å². The first-order valence-electron chi connectivity index (χ1n) is 5.16. The number of nitrogens with zero attached hydrogens (tertiary/aromatic N) is 3. The van der Waals surface area contributed by atoms with Crippen molar-refractivity contribution in [3.63, 3.8) is 0 Å². The van der Waals surface area contributed by atoms with Crippen molar-refractivity contribution < 1.29 is 8.42 Å². The number of sulfone groups is 1. The number of hydrogen-bond acceptors (Lipinski definition) is 4. The van der Waals surface area contributed by atoms with Crippen molar-refractivity contribution in [1.82, 2.24) is 14.5 Å². The van der Waals surface area contributed by atoms with Crippen molar-refractivity contribution in [3.8, 4) is 0 Å². The molecule has 0 spiro atoms. The topological polar surface area (TPSA) is 64.8 Å². The van der Waals surface area contributed by atoms with Crippen molar-refractivity contribution in [3.05, 3.63) is 23.1 Å². The van der Waals surface area contributed by atoms with E-state index in [0.717, 1.165) is 11.1 Å². The molecule has 0 atom stereocenters. The van der Waals surface area contributed by atoms with Gasteiger partial charge in [0.15, 0.2) is 15.5 Å². The van der Waals surface area contributed by atoms with E-state index in [1.165, 1.54) is 0 Å². The molecule has 0 N–H and O–H groups in total. The molecule has 90 valence electrons. The summed E-state index contributed by atoms with van der Waals surface area (Å²) in [5.41, 5.74) is 2.38. The Morgan fingerprint density at radius 3 is 2.82 bits per heavy atom. The molecule has 1 aliphatic heterocycles. The van der Waals surface area contributed by atoms with Crippen molar-refractivity contribution >= 4 is 32.6 Å². The lowest BCUT2D eigenvalue weighted by molar-refractivity contribution is 0.512. The first kappa shape index (κ1) is 11.0. The molecule has 5 nitrogen and oxygen atoms in total. The van der Waals surface area contributed by atoms with Crippen LogP contribution < -0.4 is 0 Å². The quantitative estimate of drug-likeness (QED) is 0.735. The summed E-state index contributed by atoms with van der Waals surface area (Å²) in [4.78, 5) is 8.48. The molecule has 0 bridgehead atoms. The van der Waals surface area contributed by atoms with Gasteiger partial charge in [0.05, 0.1) is 23.9 Å². The van der Waals surface area contributed by atoms with Crippen molar-refractivity contribution in [2.24, 2.45) is 0 Å². The van der Waals surface area contributed by atoms with E-state index in [2.05, 4.69) is 9.97 Å². The van der Waals surface area contributed by atoms with Gasteiger partial charge in [-0.1, -0.05) is 11.6 Å². The summed E-state index contributed by atoms with van der Waals surface area (Å²) >= 11 is 5.90. The van der Waals surface area contributed by atoms with E-state index in [1.54, 1.807) is 17.0 Å². The molecule has 1 saturated heterocycles. The molecule has 0 amide bonds. The van der Waals surface area contributed by atoms with Crippen LogP contribution in [0.4, 0.5) is 0 Å². The van der Waals surface area contributed by atoms with Crippen LogP contribution in [0.25, 0.3) is 11.2 Å². The maximum atomic E-state index is 11.2. The highest BCUT2D eigenvalue weighted by molar-refractivity contribution is 7.92. The standard InChI is InChI=1S/C10H10ClN3O2S/c1-6-2-8(11)13-10-9(6)12-5-14(10)7-3-17(15,16)4-7/h2,5,7H,3-4H2,1H3. The zero-order chi connectivity index (χ0) is 12.2. The van der Waals surface area contributed by atoms with Gasteiger partial charge in [0.1, 0.15) is 10.7 Å². The summed E-state index contributed by atoms with van der Waals surface area (Å²) in [6.07, 6.45) is 1.64. The highest BCUT2D eigenvalue weighted by Gasteiger charge is 2.35. The van der Waals surface area contributed by atoms with E-state index < -0.39 is 9.84 Å². The number of imidazole rings is 1. The molecule has 3 heterocycles. The van der Waals surface area contributed by atoms with Crippen LogP contribution in [-0.2, 0) is 9.84 Å².